The van der Waals surface area contributed by atoms with E-state index in [4.69, 9.17) is 10.7 Å². The van der Waals surface area contributed by atoms with Crippen LogP contribution < -0.4 is 5.73 Å². The Balaban J connectivity index is 1.87. The molecule has 0 saturated carbocycles. The minimum absolute atomic E-state index is 0.206. The Bertz CT molecular complexity index is 1080. The molecule has 0 atom stereocenters. The summed E-state index contributed by atoms with van der Waals surface area (Å²) in [6.07, 6.45) is 3.87. The SMILES string of the molecule is C=NC(=C(C)C(N)=O)N1CCC(c2nc(-c3ccc(F)c(C)c3)cn2CCN(CC)C(C)C)CC1. The monoisotopic (exact) mass is 482 g/mol. The van der Waals surface area contributed by atoms with E-state index in [-0.39, 0.29) is 11.7 Å². The van der Waals surface area contributed by atoms with Crippen LogP contribution in [0.4, 0.5) is 4.39 Å². The zero-order valence-electron chi connectivity index (χ0n) is 21.7. The number of aromatic nitrogens is 2. The van der Waals surface area contributed by atoms with Gasteiger partial charge in [0.15, 0.2) is 0 Å². The van der Waals surface area contributed by atoms with E-state index in [1.807, 2.05) is 6.07 Å². The third-order valence-electron chi connectivity index (χ3n) is 7.04. The number of imidazole rings is 1. The second-order valence-corrected chi connectivity index (χ2v) is 9.60. The van der Waals surface area contributed by atoms with Crippen molar-refractivity contribution >= 4 is 12.6 Å². The molecule has 0 aliphatic carbocycles. The number of halogens is 1. The Morgan fingerprint density at radius 3 is 2.57 bits per heavy atom. The number of hydrogen-bond acceptors (Lipinski definition) is 5. The van der Waals surface area contributed by atoms with Crippen LogP contribution in [0.5, 0.6) is 0 Å². The van der Waals surface area contributed by atoms with Crippen LogP contribution in [0, 0.1) is 12.7 Å². The fourth-order valence-electron chi connectivity index (χ4n) is 4.81. The van der Waals surface area contributed by atoms with Crippen molar-refractivity contribution in [2.75, 3.05) is 26.2 Å². The number of carbonyl (C=O) groups is 1. The fraction of sp³-hybridized carbons (Fsp3) is 0.519. The molecule has 2 heterocycles. The maximum atomic E-state index is 13.9. The van der Waals surface area contributed by atoms with Crippen molar-refractivity contribution in [3.8, 4) is 11.3 Å². The molecule has 1 aliphatic rings. The Morgan fingerprint density at radius 2 is 2.03 bits per heavy atom. The van der Waals surface area contributed by atoms with Gasteiger partial charge in [-0.05, 0) is 77.6 Å². The van der Waals surface area contributed by atoms with Crippen molar-refractivity contribution < 1.29 is 9.18 Å². The average Bonchev–Trinajstić information content (AvgIpc) is 3.26. The van der Waals surface area contributed by atoms with Crippen LogP contribution >= 0.6 is 0 Å². The first-order valence-electron chi connectivity index (χ1n) is 12.5. The van der Waals surface area contributed by atoms with E-state index in [1.165, 1.54) is 6.07 Å². The summed E-state index contributed by atoms with van der Waals surface area (Å²) < 4.78 is 16.1. The number of likely N-dealkylation sites (tertiary alicyclic amines) is 1. The lowest BCUT2D eigenvalue weighted by Gasteiger charge is -2.34. The van der Waals surface area contributed by atoms with Gasteiger partial charge in [0.1, 0.15) is 17.5 Å². The first-order chi connectivity index (χ1) is 16.7. The van der Waals surface area contributed by atoms with E-state index < -0.39 is 5.91 Å². The van der Waals surface area contributed by atoms with Gasteiger partial charge in [0.05, 0.1) is 11.3 Å². The lowest BCUT2D eigenvalue weighted by atomic mass is 9.95. The van der Waals surface area contributed by atoms with Crippen molar-refractivity contribution in [1.29, 1.82) is 0 Å². The van der Waals surface area contributed by atoms with E-state index in [0.29, 0.717) is 23.0 Å². The molecule has 35 heavy (non-hydrogen) atoms. The highest BCUT2D eigenvalue weighted by Crippen LogP contribution is 2.32. The molecule has 1 fully saturated rings. The summed E-state index contributed by atoms with van der Waals surface area (Å²) in [5, 5.41) is 0. The zero-order chi connectivity index (χ0) is 25.7. The molecule has 190 valence electrons. The second-order valence-electron chi connectivity index (χ2n) is 9.60. The molecule has 3 rings (SSSR count). The highest BCUT2D eigenvalue weighted by atomic mass is 19.1. The quantitative estimate of drug-likeness (QED) is 0.404. The van der Waals surface area contributed by atoms with E-state index >= 15 is 0 Å². The fourth-order valence-corrected chi connectivity index (χ4v) is 4.81. The third kappa shape index (κ3) is 6.17. The topological polar surface area (TPSA) is 79.7 Å². The van der Waals surface area contributed by atoms with Gasteiger partial charge in [-0.3, -0.25) is 9.69 Å². The number of aryl methyl sites for hydroxylation is 1. The Kier molecular flexibility index (Phi) is 8.83. The van der Waals surface area contributed by atoms with Gasteiger partial charge in [-0.2, -0.15) is 0 Å². The summed E-state index contributed by atoms with van der Waals surface area (Å²) in [5.41, 5.74) is 8.32. The molecular formula is C27H39FN6O. The third-order valence-corrected chi connectivity index (χ3v) is 7.04. The summed E-state index contributed by atoms with van der Waals surface area (Å²) in [4.78, 5) is 25.3. The van der Waals surface area contributed by atoms with Crippen molar-refractivity contribution in [3.63, 3.8) is 0 Å². The normalized spacial score (nSPS) is 15.6. The van der Waals surface area contributed by atoms with E-state index in [2.05, 4.69) is 53.0 Å². The minimum atomic E-state index is -0.477. The predicted octanol–water partition coefficient (Wildman–Crippen LogP) is 4.32. The molecule has 2 aromatic rings. The smallest absolute Gasteiger partial charge is 0.248 e. The lowest BCUT2D eigenvalue weighted by molar-refractivity contribution is -0.114. The number of benzene rings is 1. The van der Waals surface area contributed by atoms with Gasteiger partial charge in [-0.25, -0.2) is 14.4 Å². The summed E-state index contributed by atoms with van der Waals surface area (Å²) in [6, 6.07) is 5.64. The number of primary amides is 1. The van der Waals surface area contributed by atoms with Crippen LogP contribution in [0.2, 0.25) is 0 Å². The molecule has 0 unspecified atom stereocenters. The lowest BCUT2D eigenvalue weighted by Crippen LogP contribution is -2.35. The molecule has 0 spiro atoms. The molecule has 1 saturated heterocycles. The highest BCUT2D eigenvalue weighted by molar-refractivity contribution is 5.92. The predicted molar refractivity (Wildman–Crippen MR) is 140 cm³/mol. The number of carbonyl (C=O) groups excluding carboxylic acids is 1. The first kappa shape index (κ1) is 26.6. The molecule has 1 amide bonds. The maximum absolute atomic E-state index is 13.9. The van der Waals surface area contributed by atoms with Gasteiger partial charge >= 0.3 is 0 Å². The van der Waals surface area contributed by atoms with Crippen LogP contribution in [-0.4, -0.2) is 64.2 Å². The average molecular weight is 483 g/mol. The van der Waals surface area contributed by atoms with E-state index in [0.717, 1.165) is 62.6 Å². The number of aliphatic imine (C=N–C) groups is 1. The van der Waals surface area contributed by atoms with Gasteiger partial charge in [0, 0.05) is 49.9 Å². The van der Waals surface area contributed by atoms with Gasteiger partial charge < -0.3 is 15.2 Å². The zero-order valence-corrected chi connectivity index (χ0v) is 21.7. The van der Waals surface area contributed by atoms with Gasteiger partial charge in [0.2, 0.25) is 5.91 Å². The molecule has 8 heteroatoms. The second kappa shape index (κ2) is 11.6. The largest absolute Gasteiger partial charge is 0.366 e. The standard InChI is InChI=1S/C27H39FN6O/c1-7-32(18(2)3)14-15-34-17-24(22-8-9-23(28)19(4)16-22)31-27(34)21-10-12-33(13-11-21)26(30-6)20(5)25(29)35/h8-9,16-18,21H,6-7,10-15H2,1-5H3,(H2,29,35). The van der Waals surface area contributed by atoms with Crippen LogP contribution in [0.3, 0.4) is 0 Å². The first-order valence-corrected chi connectivity index (χ1v) is 12.5. The molecule has 1 aliphatic heterocycles. The molecule has 7 nitrogen and oxygen atoms in total. The summed E-state index contributed by atoms with van der Waals surface area (Å²) in [5.74, 6) is 1.22. The van der Waals surface area contributed by atoms with Crippen molar-refractivity contribution in [3.05, 3.63) is 53.0 Å². The number of likely N-dealkylation sites (N-methyl/N-ethyl adjacent to an activating group) is 1. The van der Waals surface area contributed by atoms with E-state index in [1.54, 1.807) is 19.9 Å². The number of amides is 1. The van der Waals surface area contributed by atoms with Gasteiger partial charge in [0.25, 0.3) is 0 Å². The van der Waals surface area contributed by atoms with Crippen LogP contribution in [-0.2, 0) is 11.3 Å². The van der Waals surface area contributed by atoms with Crippen LogP contribution in [0.25, 0.3) is 11.3 Å². The minimum Gasteiger partial charge on any atom is -0.366 e. The van der Waals surface area contributed by atoms with Crippen molar-refractivity contribution in [2.45, 2.75) is 66.0 Å². The number of nitrogens with two attached hydrogens (primary N) is 1. The summed E-state index contributed by atoms with van der Waals surface area (Å²) in [6.45, 7) is 18.0. The Morgan fingerprint density at radius 1 is 1.34 bits per heavy atom. The number of piperidine rings is 1. The highest BCUT2D eigenvalue weighted by Gasteiger charge is 2.27. The molecular weight excluding hydrogens is 443 g/mol. The summed E-state index contributed by atoms with van der Waals surface area (Å²) >= 11 is 0. The molecule has 0 radical (unpaired) electrons. The van der Waals surface area contributed by atoms with Crippen LogP contribution in [0.1, 0.15) is 57.8 Å². The Labute approximate surface area is 208 Å². The maximum Gasteiger partial charge on any atom is 0.248 e. The number of hydrogen-bond donors (Lipinski definition) is 1. The molecule has 1 aromatic carbocycles. The van der Waals surface area contributed by atoms with Gasteiger partial charge in [-0.15, -0.1) is 0 Å². The summed E-state index contributed by atoms with van der Waals surface area (Å²) in [7, 11) is 0. The van der Waals surface area contributed by atoms with Gasteiger partial charge in [-0.1, -0.05) is 6.92 Å². The number of nitrogens with zero attached hydrogens (tertiary/aromatic N) is 5. The van der Waals surface area contributed by atoms with Crippen molar-refractivity contribution in [2.24, 2.45) is 10.7 Å². The molecule has 0 bridgehead atoms. The number of rotatable bonds is 10. The van der Waals surface area contributed by atoms with Crippen molar-refractivity contribution in [1.82, 2.24) is 19.4 Å². The molecule has 1 aromatic heterocycles. The Hall–Kier alpha value is -3.00. The van der Waals surface area contributed by atoms with Crippen LogP contribution in [0.15, 0.2) is 40.8 Å². The van der Waals surface area contributed by atoms with E-state index in [9.17, 15) is 9.18 Å². The molecule has 2 N–H and O–H groups in total.